The van der Waals surface area contributed by atoms with Crippen molar-refractivity contribution in [2.45, 2.75) is 19.9 Å². The second kappa shape index (κ2) is 11.3. The molecule has 0 saturated carbocycles. The van der Waals surface area contributed by atoms with Crippen LogP contribution >= 0.6 is 11.3 Å². The van der Waals surface area contributed by atoms with Gasteiger partial charge in [-0.2, -0.15) is 0 Å². The average molecular weight is 407 g/mol. The van der Waals surface area contributed by atoms with Gasteiger partial charge >= 0.3 is 12.0 Å². The molecule has 0 bridgehead atoms. The smallest absolute Gasteiger partial charge is 0.357 e. The number of nitrogens with zero attached hydrogens (tertiary/aromatic N) is 2. The summed E-state index contributed by atoms with van der Waals surface area (Å²) in [4.78, 5) is 30.3. The molecule has 0 aliphatic rings. The lowest BCUT2D eigenvalue weighted by atomic mass is 10.3. The molecule has 0 atom stereocenters. The minimum absolute atomic E-state index is 0.241. The van der Waals surface area contributed by atoms with Crippen LogP contribution in [0.3, 0.4) is 0 Å². The highest BCUT2D eigenvalue weighted by Gasteiger charge is 2.18. The van der Waals surface area contributed by atoms with Crippen molar-refractivity contribution >= 4 is 29.0 Å². The van der Waals surface area contributed by atoms with E-state index in [0.717, 1.165) is 0 Å². The second-order valence-electron chi connectivity index (χ2n) is 5.75. The Balaban J connectivity index is 2.07. The van der Waals surface area contributed by atoms with Crippen LogP contribution in [0.2, 0.25) is 0 Å². The van der Waals surface area contributed by atoms with Gasteiger partial charge in [0.2, 0.25) is 0 Å². The van der Waals surface area contributed by atoms with Gasteiger partial charge in [-0.25, -0.2) is 14.6 Å². The molecular weight excluding hydrogens is 382 g/mol. The summed E-state index contributed by atoms with van der Waals surface area (Å²) in [5, 5.41) is 5.15. The summed E-state index contributed by atoms with van der Waals surface area (Å²) in [5.41, 5.74) is 0.874. The van der Waals surface area contributed by atoms with Crippen molar-refractivity contribution in [3.05, 3.63) is 40.3 Å². The Morgan fingerprint density at radius 3 is 2.82 bits per heavy atom. The molecule has 1 N–H and O–H groups in total. The van der Waals surface area contributed by atoms with Gasteiger partial charge in [-0.1, -0.05) is 6.07 Å². The maximum absolute atomic E-state index is 12.8. The molecule has 0 spiro atoms. The number of hydrogen-bond donors (Lipinski definition) is 1. The second-order valence-corrected chi connectivity index (χ2v) is 6.69. The lowest BCUT2D eigenvalue weighted by Gasteiger charge is -2.22. The first-order valence-corrected chi connectivity index (χ1v) is 9.75. The molecule has 1 aromatic heterocycles. The number of nitrogens with one attached hydrogen (secondary N) is 1. The molecule has 1 heterocycles. The summed E-state index contributed by atoms with van der Waals surface area (Å²) in [5.74, 6) is 0.162. The van der Waals surface area contributed by atoms with Crippen LogP contribution in [0.25, 0.3) is 0 Å². The number of aromatic nitrogens is 1. The van der Waals surface area contributed by atoms with Gasteiger partial charge in [-0.3, -0.25) is 0 Å². The predicted octanol–water partition coefficient (Wildman–Crippen LogP) is 3.40. The Hall–Kier alpha value is -2.65. The minimum Gasteiger partial charge on any atom is -0.497 e. The van der Waals surface area contributed by atoms with E-state index in [1.807, 2.05) is 6.92 Å². The first-order chi connectivity index (χ1) is 13.6. The maximum atomic E-state index is 12.8. The number of methoxy groups -OCH3 is 2. The molecular formula is C19H25N3O5S. The van der Waals surface area contributed by atoms with Crippen molar-refractivity contribution in [3.63, 3.8) is 0 Å². The van der Waals surface area contributed by atoms with Crippen molar-refractivity contribution in [1.29, 1.82) is 0 Å². The largest absolute Gasteiger partial charge is 0.497 e. The fraction of sp³-hybridized carbons (Fsp3) is 0.421. The fourth-order valence-electron chi connectivity index (χ4n) is 2.40. The summed E-state index contributed by atoms with van der Waals surface area (Å²) in [6.07, 6.45) is 0.689. The van der Waals surface area contributed by atoms with E-state index in [-0.39, 0.29) is 18.3 Å². The Morgan fingerprint density at radius 2 is 2.11 bits per heavy atom. The topological polar surface area (TPSA) is 90.0 Å². The lowest BCUT2D eigenvalue weighted by Crippen LogP contribution is -2.35. The molecule has 28 heavy (non-hydrogen) atoms. The zero-order chi connectivity index (χ0) is 20.4. The van der Waals surface area contributed by atoms with Gasteiger partial charge in [0.15, 0.2) is 5.69 Å². The normalized spacial score (nSPS) is 10.4. The SMILES string of the molecule is CCOCCCN(Cc1nc(C(=O)OC)cs1)C(=O)Nc1cccc(OC)c1. The Kier molecular flexibility index (Phi) is 8.70. The number of hydrogen-bond acceptors (Lipinski definition) is 7. The molecule has 0 aliphatic carbocycles. The van der Waals surface area contributed by atoms with E-state index >= 15 is 0 Å². The van der Waals surface area contributed by atoms with Crippen LogP contribution < -0.4 is 10.1 Å². The Labute approximate surface area is 168 Å². The number of ether oxygens (including phenoxy) is 3. The van der Waals surface area contributed by atoms with E-state index in [4.69, 9.17) is 9.47 Å². The molecule has 2 rings (SSSR count). The summed E-state index contributed by atoms with van der Waals surface area (Å²) in [7, 11) is 2.88. The van der Waals surface area contributed by atoms with Gasteiger partial charge in [-0.15, -0.1) is 11.3 Å². The number of amides is 2. The summed E-state index contributed by atoms with van der Waals surface area (Å²) in [6, 6.07) is 6.88. The third-order valence-corrected chi connectivity index (χ3v) is 4.64. The van der Waals surface area contributed by atoms with Crippen molar-refractivity contribution in [2.24, 2.45) is 0 Å². The number of thiazole rings is 1. The third kappa shape index (κ3) is 6.50. The van der Waals surface area contributed by atoms with E-state index < -0.39 is 5.97 Å². The van der Waals surface area contributed by atoms with Crippen LogP contribution in [-0.2, 0) is 16.0 Å². The number of rotatable bonds is 10. The van der Waals surface area contributed by atoms with E-state index in [1.165, 1.54) is 18.4 Å². The minimum atomic E-state index is -0.494. The van der Waals surface area contributed by atoms with Gasteiger partial charge in [-0.05, 0) is 25.5 Å². The average Bonchev–Trinajstić information content (AvgIpc) is 3.18. The molecule has 0 radical (unpaired) electrons. The number of urea groups is 1. The molecule has 2 amide bonds. The van der Waals surface area contributed by atoms with Gasteiger partial charge in [0.25, 0.3) is 0 Å². The molecule has 0 unspecified atom stereocenters. The van der Waals surface area contributed by atoms with Crippen molar-refractivity contribution in [1.82, 2.24) is 9.88 Å². The lowest BCUT2D eigenvalue weighted by molar-refractivity contribution is 0.0594. The molecule has 2 aromatic rings. The number of esters is 1. The molecule has 8 nitrogen and oxygen atoms in total. The van der Waals surface area contributed by atoms with E-state index in [1.54, 1.807) is 41.7 Å². The third-order valence-electron chi connectivity index (χ3n) is 3.80. The molecule has 152 valence electrons. The highest BCUT2D eigenvalue weighted by molar-refractivity contribution is 7.09. The molecule has 9 heteroatoms. The van der Waals surface area contributed by atoms with Crippen LogP contribution in [-0.4, -0.2) is 55.9 Å². The molecule has 0 aliphatic heterocycles. The number of anilines is 1. The van der Waals surface area contributed by atoms with Crippen LogP contribution in [0.15, 0.2) is 29.6 Å². The van der Waals surface area contributed by atoms with Gasteiger partial charge in [0.1, 0.15) is 10.8 Å². The predicted molar refractivity (Wildman–Crippen MR) is 107 cm³/mol. The maximum Gasteiger partial charge on any atom is 0.357 e. The molecule has 0 fully saturated rings. The zero-order valence-corrected chi connectivity index (χ0v) is 17.1. The van der Waals surface area contributed by atoms with E-state index in [0.29, 0.717) is 42.6 Å². The summed E-state index contributed by atoms with van der Waals surface area (Å²) < 4.78 is 15.2. The fourth-order valence-corrected chi connectivity index (χ4v) is 3.18. The number of carbonyl (C=O) groups excluding carboxylic acids is 2. The Bertz CT molecular complexity index is 780. The quantitative estimate of drug-likeness (QED) is 0.480. The number of carbonyl (C=O) groups is 2. The standard InChI is InChI=1S/C19H25N3O5S/c1-4-27-10-6-9-22(12-17-21-16(13-28-17)18(23)26-3)19(24)20-14-7-5-8-15(11-14)25-2/h5,7-8,11,13H,4,6,9-10,12H2,1-3H3,(H,20,24). The molecule has 1 aromatic carbocycles. The molecule has 0 saturated heterocycles. The first kappa shape index (κ1) is 21.6. The highest BCUT2D eigenvalue weighted by Crippen LogP contribution is 2.18. The van der Waals surface area contributed by atoms with Crippen LogP contribution in [0.1, 0.15) is 28.8 Å². The summed E-state index contributed by atoms with van der Waals surface area (Å²) >= 11 is 1.31. The zero-order valence-electron chi connectivity index (χ0n) is 16.3. The van der Waals surface area contributed by atoms with Gasteiger partial charge in [0, 0.05) is 36.9 Å². The van der Waals surface area contributed by atoms with Crippen molar-refractivity contribution in [3.8, 4) is 5.75 Å². The van der Waals surface area contributed by atoms with Crippen molar-refractivity contribution < 1.29 is 23.8 Å². The van der Waals surface area contributed by atoms with Crippen molar-refractivity contribution in [2.75, 3.05) is 39.3 Å². The van der Waals surface area contributed by atoms with Crippen LogP contribution in [0, 0.1) is 0 Å². The monoisotopic (exact) mass is 407 g/mol. The van der Waals surface area contributed by atoms with E-state index in [2.05, 4.69) is 15.0 Å². The Morgan fingerprint density at radius 1 is 1.29 bits per heavy atom. The van der Waals surface area contributed by atoms with Crippen LogP contribution in [0.4, 0.5) is 10.5 Å². The summed E-state index contributed by atoms with van der Waals surface area (Å²) in [6.45, 7) is 3.89. The van der Waals surface area contributed by atoms with Crippen LogP contribution in [0.5, 0.6) is 5.75 Å². The first-order valence-electron chi connectivity index (χ1n) is 8.87. The van der Waals surface area contributed by atoms with E-state index in [9.17, 15) is 9.59 Å². The number of benzene rings is 1. The van der Waals surface area contributed by atoms with Gasteiger partial charge < -0.3 is 24.4 Å². The van der Waals surface area contributed by atoms with Gasteiger partial charge in [0.05, 0.1) is 20.8 Å². The highest BCUT2D eigenvalue weighted by atomic mass is 32.1.